The molecule has 0 bridgehead atoms. The molecule has 0 aliphatic carbocycles. The van der Waals surface area contributed by atoms with Gasteiger partial charge >= 0.3 is 5.97 Å². The van der Waals surface area contributed by atoms with Crippen molar-refractivity contribution in [3.63, 3.8) is 0 Å². The van der Waals surface area contributed by atoms with E-state index < -0.39 is 5.97 Å². The van der Waals surface area contributed by atoms with Crippen LogP contribution in [0.2, 0.25) is 0 Å². The Balaban J connectivity index is 2.40. The Bertz CT molecular complexity index is 706. The van der Waals surface area contributed by atoms with Gasteiger partial charge in [-0.2, -0.15) is 0 Å². The SMILES string of the molecule is COc1ccc(-c2ccc(C(C)CC(=O)O)cc2)c(OC)c1OC. The molecule has 0 aromatic heterocycles. The summed E-state index contributed by atoms with van der Waals surface area (Å²) >= 11 is 0. The first-order valence-electron chi connectivity index (χ1n) is 7.62. The third-order valence-corrected chi connectivity index (χ3v) is 3.98. The van der Waals surface area contributed by atoms with Crippen LogP contribution in [0.15, 0.2) is 36.4 Å². The number of aliphatic carboxylic acids is 1. The van der Waals surface area contributed by atoms with E-state index in [9.17, 15) is 4.79 Å². The van der Waals surface area contributed by atoms with Crippen LogP contribution in [0.25, 0.3) is 11.1 Å². The lowest BCUT2D eigenvalue weighted by Crippen LogP contribution is -2.02. The molecule has 0 heterocycles. The largest absolute Gasteiger partial charge is 0.493 e. The van der Waals surface area contributed by atoms with Gasteiger partial charge in [-0.15, -0.1) is 0 Å². The molecule has 128 valence electrons. The Morgan fingerprint density at radius 2 is 1.58 bits per heavy atom. The van der Waals surface area contributed by atoms with Crippen molar-refractivity contribution in [1.29, 1.82) is 0 Å². The van der Waals surface area contributed by atoms with E-state index in [4.69, 9.17) is 19.3 Å². The highest BCUT2D eigenvalue weighted by atomic mass is 16.5. The molecule has 0 aliphatic heterocycles. The first-order valence-corrected chi connectivity index (χ1v) is 7.62. The zero-order valence-corrected chi connectivity index (χ0v) is 14.3. The van der Waals surface area contributed by atoms with Crippen molar-refractivity contribution in [3.8, 4) is 28.4 Å². The molecule has 2 aromatic rings. The molecule has 0 aliphatic rings. The van der Waals surface area contributed by atoms with Gasteiger partial charge in [-0.1, -0.05) is 31.2 Å². The van der Waals surface area contributed by atoms with Gasteiger partial charge in [-0.25, -0.2) is 0 Å². The van der Waals surface area contributed by atoms with Gasteiger partial charge in [0.15, 0.2) is 11.5 Å². The third kappa shape index (κ3) is 3.62. The van der Waals surface area contributed by atoms with Crippen LogP contribution in [0.4, 0.5) is 0 Å². The minimum atomic E-state index is -0.798. The number of hydrogen-bond donors (Lipinski definition) is 1. The van der Waals surface area contributed by atoms with E-state index in [1.165, 1.54) is 0 Å². The summed E-state index contributed by atoms with van der Waals surface area (Å²) in [6.45, 7) is 1.90. The smallest absolute Gasteiger partial charge is 0.303 e. The Morgan fingerprint density at radius 1 is 0.958 bits per heavy atom. The molecule has 0 spiro atoms. The summed E-state index contributed by atoms with van der Waals surface area (Å²) in [5.74, 6) is 0.908. The fourth-order valence-corrected chi connectivity index (χ4v) is 2.70. The summed E-state index contributed by atoms with van der Waals surface area (Å²) in [7, 11) is 4.74. The van der Waals surface area contributed by atoms with Gasteiger partial charge in [-0.05, 0) is 29.2 Å². The van der Waals surface area contributed by atoms with Crippen LogP contribution in [0.3, 0.4) is 0 Å². The van der Waals surface area contributed by atoms with E-state index in [2.05, 4.69) is 0 Å². The van der Waals surface area contributed by atoms with Crippen LogP contribution in [0, 0.1) is 0 Å². The van der Waals surface area contributed by atoms with E-state index >= 15 is 0 Å². The van der Waals surface area contributed by atoms with E-state index in [-0.39, 0.29) is 12.3 Å². The maximum atomic E-state index is 10.8. The highest BCUT2D eigenvalue weighted by molar-refractivity contribution is 5.76. The van der Waals surface area contributed by atoms with Crippen LogP contribution in [-0.4, -0.2) is 32.4 Å². The Hall–Kier alpha value is -2.69. The molecule has 0 saturated carbocycles. The van der Waals surface area contributed by atoms with Gasteiger partial charge in [0.2, 0.25) is 5.75 Å². The van der Waals surface area contributed by atoms with Crippen molar-refractivity contribution in [2.75, 3.05) is 21.3 Å². The molecular weight excluding hydrogens is 308 g/mol. The number of carboxylic acid groups (broad SMARTS) is 1. The van der Waals surface area contributed by atoms with Gasteiger partial charge in [0.25, 0.3) is 0 Å². The summed E-state index contributed by atoms with van der Waals surface area (Å²) < 4.78 is 16.2. The molecule has 5 nitrogen and oxygen atoms in total. The number of hydrogen-bond acceptors (Lipinski definition) is 4. The number of carboxylic acids is 1. The molecule has 24 heavy (non-hydrogen) atoms. The Kier molecular flexibility index (Phi) is 5.68. The maximum Gasteiger partial charge on any atom is 0.303 e. The van der Waals surface area contributed by atoms with Gasteiger partial charge < -0.3 is 19.3 Å². The van der Waals surface area contributed by atoms with Crippen molar-refractivity contribution in [2.45, 2.75) is 19.3 Å². The molecule has 1 N–H and O–H groups in total. The Morgan fingerprint density at radius 3 is 2.08 bits per heavy atom. The minimum Gasteiger partial charge on any atom is -0.493 e. The van der Waals surface area contributed by atoms with Gasteiger partial charge in [0.05, 0.1) is 27.8 Å². The van der Waals surface area contributed by atoms with Crippen molar-refractivity contribution in [1.82, 2.24) is 0 Å². The zero-order chi connectivity index (χ0) is 17.7. The van der Waals surface area contributed by atoms with Crippen molar-refractivity contribution < 1.29 is 24.1 Å². The maximum absolute atomic E-state index is 10.8. The molecule has 1 unspecified atom stereocenters. The standard InChI is InChI=1S/C19H22O5/c1-12(11-17(20)21)13-5-7-14(8-6-13)15-9-10-16(22-2)19(24-4)18(15)23-3/h5-10,12H,11H2,1-4H3,(H,20,21). The van der Waals surface area contributed by atoms with Crippen molar-refractivity contribution in [3.05, 3.63) is 42.0 Å². The fraction of sp³-hybridized carbons (Fsp3) is 0.316. The number of methoxy groups -OCH3 is 3. The normalized spacial score (nSPS) is 11.7. The monoisotopic (exact) mass is 330 g/mol. The highest BCUT2D eigenvalue weighted by Gasteiger charge is 2.17. The molecule has 0 radical (unpaired) electrons. The number of rotatable bonds is 7. The molecule has 0 fully saturated rings. The second kappa shape index (κ2) is 7.73. The molecule has 5 heteroatoms. The molecular formula is C19H22O5. The van der Waals surface area contributed by atoms with E-state index in [0.717, 1.165) is 16.7 Å². The lowest BCUT2D eigenvalue weighted by molar-refractivity contribution is -0.137. The summed E-state index contributed by atoms with van der Waals surface area (Å²) in [6, 6.07) is 11.5. The highest BCUT2D eigenvalue weighted by Crippen LogP contribution is 2.44. The van der Waals surface area contributed by atoms with Crippen LogP contribution in [-0.2, 0) is 4.79 Å². The van der Waals surface area contributed by atoms with Crippen LogP contribution in [0.5, 0.6) is 17.2 Å². The average molecular weight is 330 g/mol. The summed E-state index contributed by atoms with van der Waals surface area (Å²) in [5.41, 5.74) is 2.83. The third-order valence-electron chi connectivity index (χ3n) is 3.98. The van der Waals surface area contributed by atoms with E-state index in [0.29, 0.717) is 17.2 Å². The molecule has 2 aromatic carbocycles. The predicted octanol–water partition coefficient (Wildman–Crippen LogP) is 3.96. The van der Waals surface area contributed by atoms with Crippen molar-refractivity contribution >= 4 is 5.97 Å². The van der Waals surface area contributed by atoms with E-state index in [1.807, 2.05) is 43.3 Å². The lowest BCUT2D eigenvalue weighted by atomic mass is 9.95. The van der Waals surface area contributed by atoms with Gasteiger partial charge in [0.1, 0.15) is 0 Å². The van der Waals surface area contributed by atoms with E-state index in [1.54, 1.807) is 21.3 Å². The zero-order valence-electron chi connectivity index (χ0n) is 14.3. The number of ether oxygens (including phenoxy) is 3. The van der Waals surface area contributed by atoms with Gasteiger partial charge in [0, 0.05) is 5.56 Å². The minimum absolute atomic E-state index is 0.0381. The van der Waals surface area contributed by atoms with Gasteiger partial charge in [-0.3, -0.25) is 4.79 Å². The molecule has 0 amide bonds. The molecule has 2 rings (SSSR count). The second-order valence-electron chi connectivity index (χ2n) is 5.50. The topological polar surface area (TPSA) is 65.0 Å². The average Bonchev–Trinajstić information content (AvgIpc) is 2.59. The van der Waals surface area contributed by atoms with Crippen LogP contribution in [0.1, 0.15) is 24.8 Å². The first kappa shape index (κ1) is 17.7. The predicted molar refractivity (Wildman–Crippen MR) is 92.2 cm³/mol. The number of carbonyl (C=O) groups is 1. The Labute approximate surface area is 141 Å². The van der Waals surface area contributed by atoms with Crippen molar-refractivity contribution in [2.24, 2.45) is 0 Å². The lowest BCUT2D eigenvalue weighted by Gasteiger charge is -2.16. The fourth-order valence-electron chi connectivity index (χ4n) is 2.70. The quantitative estimate of drug-likeness (QED) is 0.832. The summed E-state index contributed by atoms with van der Waals surface area (Å²) in [6.07, 6.45) is 0.110. The summed E-state index contributed by atoms with van der Waals surface area (Å²) in [5, 5.41) is 8.91. The summed E-state index contributed by atoms with van der Waals surface area (Å²) in [4.78, 5) is 10.8. The molecule has 0 saturated heterocycles. The molecule has 1 atom stereocenters. The van der Waals surface area contributed by atoms with Crippen LogP contribution >= 0.6 is 0 Å². The number of benzene rings is 2. The van der Waals surface area contributed by atoms with Crippen LogP contribution < -0.4 is 14.2 Å². The first-order chi connectivity index (χ1) is 11.5. The second-order valence-corrected chi connectivity index (χ2v) is 5.50.